The van der Waals surface area contributed by atoms with Crippen molar-refractivity contribution < 1.29 is 9.32 Å². The number of amides is 1. The van der Waals surface area contributed by atoms with Crippen LogP contribution >= 0.6 is 12.2 Å². The van der Waals surface area contributed by atoms with Crippen LogP contribution in [0.4, 0.5) is 0 Å². The van der Waals surface area contributed by atoms with Gasteiger partial charge in [-0.1, -0.05) is 29.5 Å². The van der Waals surface area contributed by atoms with Gasteiger partial charge >= 0.3 is 0 Å². The summed E-state index contributed by atoms with van der Waals surface area (Å²) in [6.07, 6.45) is 1.52. The normalized spacial score (nSPS) is 10.0. The molecule has 1 aromatic carbocycles. The van der Waals surface area contributed by atoms with E-state index in [9.17, 15) is 4.79 Å². The second-order valence-electron chi connectivity index (χ2n) is 3.61. The van der Waals surface area contributed by atoms with Gasteiger partial charge in [0, 0.05) is 17.2 Å². The van der Waals surface area contributed by atoms with Gasteiger partial charge < -0.3 is 15.6 Å². The maximum absolute atomic E-state index is 11.9. The number of thiocarbonyl (C=S) groups is 1. The molecule has 0 aliphatic rings. The van der Waals surface area contributed by atoms with Gasteiger partial charge in [0.25, 0.3) is 5.91 Å². The molecular weight excluding hydrogens is 250 g/mol. The Bertz CT molecular complexity index is 566. The average Bonchev–Trinajstić information content (AvgIpc) is 2.89. The summed E-state index contributed by atoms with van der Waals surface area (Å²) in [5.74, 6) is 0.373. The van der Waals surface area contributed by atoms with E-state index in [-0.39, 0.29) is 17.4 Å². The van der Waals surface area contributed by atoms with Crippen LogP contribution in [0.2, 0.25) is 0 Å². The summed E-state index contributed by atoms with van der Waals surface area (Å²) in [5.41, 5.74) is 6.67. The minimum absolute atomic E-state index is 0.218. The summed E-state index contributed by atoms with van der Waals surface area (Å²) in [5, 5.41) is 6.26. The number of carbonyl (C=O) groups is 1. The zero-order valence-corrected chi connectivity index (χ0v) is 10.2. The molecule has 1 heterocycles. The molecule has 0 atom stereocenters. The summed E-state index contributed by atoms with van der Waals surface area (Å²) in [7, 11) is 0. The second kappa shape index (κ2) is 5.42. The lowest BCUT2D eigenvalue weighted by Crippen LogP contribution is -2.23. The summed E-state index contributed by atoms with van der Waals surface area (Å²) in [6.45, 7) is 0.288. The van der Waals surface area contributed by atoms with E-state index in [4.69, 9.17) is 22.5 Å². The Labute approximate surface area is 109 Å². The van der Waals surface area contributed by atoms with E-state index >= 15 is 0 Å². The van der Waals surface area contributed by atoms with Crippen LogP contribution in [0.3, 0.4) is 0 Å². The molecule has 5 nitrogen and oxygen atoms in total. The molecule has 0 saturated carbocycles. The average molecular weight is 261 g/mol. The number of nitrogens with one attached hydrogen (secondary N) is 1. The van der Waals surface area contributed by atoms with E-state index in [1.54, 1.807) is 30.3 Å². The largest absolute Gasteiger partial charge is 0.389 e. The predicted octanol–water partition coefficient (Wildman–Crippen LogP) is 1.24. The minimum Gasteiger partial charge on any atom is -0.389 e. The van der Waals surface area contributed by atoms with Crippen LogP contribution < -0.4 is 11.1 Å². The van der Waals surface area contributed by atoms with Crippen molar-refractivity contribution >= 4 is 23.1 Å². The molecule has 0 bridgehead atoms. The molecule has 0 spiro atoms. The molecular formula is C12H11N3O2S. The lowest BCUT2D eigenvalue weighted by Gasteiger charge is -2.04. The third-order valence-electron chi connectivity index (χ3n) is 2.32. The van der Waals surface area contributed by atoms with Crippen molar-refractivity contribution in [2.75, 3.05) is 0 Å². The van der Waals surface area contributed by atoms with Crippen LogP contribution in [0.25, 0.3) is 0 Å². The van der Waals surface area contributed by atoms with Crippen LogP contribution in [0.1, 0.15) is 21.7 Å². The first-order valence-corrected chi connectivity index (χ1v) is 5.65. The molecule has 1 amide bonds. The van der Waals surface area contributed by atoms with E-state index in [0.29, 0.717) is 16.9 Å². The van der Waals surface area contributed by atoms with E-state index in [0.717, 1.165) is 0 Å². The maximum atomic E-state index is 11.9. The van der Waals surface area contributed by atoms with Crippen molar-refractivity contribution in [1.29, 1.82) is 0 Å². The van der Waals surface area contributed by atoms with Gasteiger partial charge in [0.05, 0.1) is 12.7 Å². The lowest BCUT2D eigenvalue weighted by atomic mass is 10.1. The van der Waals surface area contributed by atoms with Gasteiger partial charge in [0.15, 0.2) is 5.76 Å². The number of nitrogens with two attached hydrogens (primary N) is 1. The predicted molar refractivity (Wildman–Crippen MR) is 70.0 cm³/mol. The van der Waals surface area contributed by atoms with Crippen molar-refractivity contribution in [2.24, 2.45) is 5.73 Å². The Balaban J connectivity index is 2.04. The van der Waals surface area contributed by atoms with Gasteiger partial charge in [0.1, 0.15) is 4.99 Å². The highest BCUT2D eigenvalue weighted by Gasteiger charge is 2.07. The Morgan fingerprint density at radius 1 is 1.39 bits per heavy atom. The fraction of sp³-hybridized carbons (Fsp3) is 0.0833. The Hall–Kier alpha value is -2.21. The zero-order valence-electron chi connectivity index (χ0n) is 9.42. The molecule has 0 unspecified atom stereocenters. The molecule has 92 valence electrons. The van der Waals surface area contributed by atoms with E-state index in [2.05, 4.69) is 10.5 Å². The summed E-state index contributed by atoms with van der Waals surface area (Å²) in [4.78, 5) is 12.1. The first-order chi connectivity index (χ1) is 8.66. The zero-order chi connectivity index (χ0) is 13.0. The number of aromatic nitrogens is 1. The Morgan fingerprint density at radius 3 is 2.83 bits per heavy atom. The summed E-state index contributed by atoms with van der Waals surface area (Å²) < 4.78 is 4.88. The van der Waals surface area contributed by atoms with E-state index in [1.807, 2.05) is 0 Å². The second-order valence-corrected chi connectivity index (χ2v) is 4.05. The number of benzene rings is 1. The number of nitrogens with zero attached hydrogens (tertiary/aromatic N) is 1. The van der Waals surface area contributed by atoms with Crippen LogP contribution in [-0.4, -0.2) is 16.1 Å². The van der Waals surface area contributed by atoms with Gasteiger partial charge in [-0.15, -0.1) is 0 Å². The molecule has 2 aromatic rings. The van der Waals surface area contributed by atoms with Crippen molar-refractivity contribution in [3.05, 3.63) is 53.4 Å². The first kappa shape index (κ1) is 12.3. The molecule has 18 heavy (non-hydrogen) atoms. The molecule has 2 rings (SSSR count). The van der Waals surface area contributed by atoms with E-state index < -0.39 is 0 Å². The van der Waals surface area contributed by atoms with Gasteiger partial charge in [-0.25, -0.2) is 0 Å². The number of carbonyl (C=O) groups excluding carboxylic acids is 1. The monoisotopic (exact) mass is 261 g/mol. The fourth-order valence-electron chi connectivity index (χ4n) is 1.42. The molecule has 6 heteroatoms. The molecule has 0 saturated heterocycles. The van der Waals surface area contributed by atoms with Crippen molar-refractivity contribution in [3.63, 3.8) is 0 Å². The van der Waals surface area contributed by atoms with Crippen LogP contribution in [0.5, 0.6) is 0 Å². The lowest BCUT2D eigenvalue weighted by molar-refractivity contribution is 0.0947. The Kier molecular flexibility index (Phi) is 3.69. The number of rotatable bonds is 4. The molecule has 1 aromatic heterocycles. The van der Waals surface area contributed by atoms with Crippen LogP contribution in [-0.2, 0) is 6.54 Å². The van der Waals surface area contributed by atoms with Gasteiger partial charge in [-0.05, 0) is 12.1 Å². The molecule has 0 fully saturated rings. The van der Waals surface area contributed by atoms with Gasteiger partial charge in [0.2, 0.25) is 0 Å². The number of hydrogen-bond donors (Lipinski definition) is 2. The SMILES string of the molecule is NC(=S)c1cccc(C(=O)NCc2ccno2)c1. The molecule has 3 N–H and O–H groups in total. The van der Waals surface area contributed by atoms with Gasteiger partial charge in [-0.2, -0.15) is 0 Å². The summed E-state index contributed by atoms with van der Waals surface area (Å²) >= 11 is 4.86. The maximum Gasteiger partial charge on any atom is 0.251 e. The highest BCUT2D eigenvalue weighted by molar-refractivity contribution is 7.80. The first-order valence-electron chi connectivity index (χ1n) is 5.24. The quantitative estimate of drug-likeness (QED) is 0.809. The van der Waals surface area contributed by atoms with Crippen LogP contribution in [0, 0.1) is 0 Å². The van der Waals surface area contributed by atoms with E-state index in [1.165, 1.54) is 6.20 Å². The third-order valence-corrected chi connectivity index (χ3v) is 2.56. The topological polar surface area (TPSA) is 81.2 Å². The van der Waals surface area contributed by atoms with Crippen molar-refractivity contribution in [2.45, 2.75) is 6.54 Å². The molecule has 0 aliphatic carbocycles. The fourth-order valence-corrected chi connectivity index (χ4v) is 1.54. The highest BCUT2D eigenvalue weighted by Crippen LogP contribution is 2.06. The summed E-state index contributed by atoms with van der Waals surface area (Å²) in [6, 6.07) is 8.52. The minimum atomic E-state index is -0.218. The smallest absolute Gasteiger partial charge is 0.251 e. The Morgan fingerprint density at radius 2 is 2.17 bits per heavy atom. The van der Waals surface area contributed by atoms with Gasteiger partial charge in [-0.3, -0.25) is 4.79 Å². The van der Waals surface area contributed by atoms with Crippen molar-refractivity contribution in [3.8, 4) is 0 Å². The third kappa shape index (κ3) is 2.92. The van der Waals surface area contributed by atoms with Crippen LogP contribution in [0.15, 0.2) is 41.1 Å². The highest BCUT2D eigenvalue weighted by atomic mass is 32.1. The molecule has 0 aliphatic heterocycles. The standard InChI is InChI=1S/C12H11N3O2S/c13-11(18)8-2-1-3-9(6-8)12(16)14-7-10-4-5-15-17-10/h1-6H,7H2,(H2,13,18)(H,14,16). The van der Waals surface area contributed by atoms with Crippen molar-refractivity contribution in [1.82, 2.24) is 10.5 Å². The molecule has 0 radical (unpaired) electrons. The number of hydrogen-bond acceptors (Lipinski definition) is 4.